The third kappa shape index (κ3) is 3.96. The molecule has 3 atom stereocenters. The van der Waals surface area contributed by atoms with Crippen molar-refractivity contribution in [2.24, 2.45) is 5.92 Å². The van der Waals surface area contributed by atoms with E-state index in [2.05, 4.69) is 26.9 Å². The summed E-state index contributed by atoms with van der Waals surface area (Å²) in [4.78, 5) is 10.1. The first-order chi connectivity index (χ1) is 12.8. The highest BCUT2D eigenvalue weighted by Crippen LogP contribution is 2.42. The summed E-state index contributed by atoms with van der Waals surface area (Å²) in [6, 6.07) is 9.80. The zero-order valence-electron chi connectivity index (χ0n) is 16.2. The first-order valence-electron chi connectivity index (χ1n) is 10.4. The normalized spacial score (nSPS) is 27.8. The van der Waals surface area contributed by atoms with E-state index in [0.717, 1.165) is 22.5 Å². The van der Waals surface area contributed by atoms with Crippen LogP contribution in [0.4, 0.5) is 5.69 Å². The van der Waals surface area contributed by atoms with Gasteiger partial charge in [-0.3, -0.25) is 9.88 Å². The van der Waals surface area contributed by atoms with Gasteiger partial charge in [-0.05, 0) is 81.8 Å². The number of nitrogens with zero attached hydrogens (tertiary/aromatic N) is 3. The number of hydrogen-bond acceptors (Lipinski definition) is 3. The number of halogens is 3. The van der Waals surface area contributed by atoms with Crippen molar-refractivity contribution in [1.82, 2.24) is 9.88 Å². The molecule has 1 saturated carbocycles. The Hall–Kier alpha value is -0.740. The molecular formula is C22H30Cl3N3. The molecule has 1 aliphatic carbocycles. The smallest absolute Gasteiger partial charge is 0.0737 e. The van der Waals surface area contributed by atoms with Crippen LogP contribution >= 0.6 is 36.4 Å². The average molecular weight is 443 g/mol. The van der Waals surface area contributed by atoms with E-state index in [4.69, 9.17) is 11.6 Å². The van der Waals surface area contributed by atoms with Gasteiger partial charge in [0.1, 0.15) is 0 Å². The molecule has 0 bridgehead atoms. The monoisotopic (exact) mass is 441 g/mol. The Bertz CT molecular complexity index is 792. The van der Waals surface area contributed by atoms with Gasteiger partial charge in [-0.25, -0.2) is 0 Å². The molecule has 3 unspecified atom stereocenters. The van der Waals surface area contributed by atoms with Crippen molar-refractivity contribution in [3.05, 3.63) is 35.5 Å². The number of pyridine rings is 1. The number of fused-ring (bicyclic) bond motifs is 2. The van der Waals surface area contributed by atoms with Gasteiger partial charge in [0.05, 0.1) is 5.52 Å². The van der Waals surface area contributed by atoms with Gasteiger partial charge in [0, 0.05) is 40.9 Å². The molecular weight excluding hydrogens is 413 g/mol. The SMILES string of the molecule is Cl.Cl.Clc1ccc2c(N3CCCC4CCCC(N5CCCC5)C43)ccnc2c1. The number of benzene rings is 1. The highest BCUT2D eigenvalue weighted by molar-refractivity contribution is 6.31. The maximum atomic E-state index is 6.22. The molecule has 0 radical (unpaired) electrons. The Labute approximate surface area is 185 Å². The summed E-state index contributed by atoms with van der Waals surface area (Å²) in [5.41, 5.74) is 2.39. The standard InChI is InChI=1S/C22H28ClN3.2ClH/c23-17-8-9-18-19(15-17)24-11-10-20(18)26-14-4-6-16-5-3-7-21(22(16)26)25-12-1-2-13-25;;/h8-11,15-16,21-22H,1-7,12-14H2;2*1H. The zero-order valence-corrected chi connectivity index (χ0v) is 18.6. The predicted molar refractivity (Wildman–Crippen MR) is 124 cm³/mol. The minimum atomic E-state index is 0. The van der Waals surface area contributed by atoms with Crippen LogP contribution in [-0.4, -0.2) is 41.6 Å². The maximum absolute atomic E-state index is 6.22. The third-order valence-electron chi connectivity index (χ3n) is 6.89. The van der Waals surface area contributed by atoms with Crippen molar-refractivity contribution in [1.29, 1.82) is 0 Å². The van der Waals surface area contributed by atoms with Gasteiger partial charge in [-0.15, -0.1) is 24.8 Å². The molecule has 0 N–H and O–H groups in total. The lowest BCUT2D eigenvalue weighted by atomic mass is 9.74. The van der Waals surface area contributed by atoms with E-state index in [1.807, 2.05) is 18.3 Å². The first kappa shape index (κ1) is 22.0. The molecule has 2 aliphatic heterocycles. The van der Waals surface area contributed by atoms with Crippen LogP contribution in [0, 0.1) is 5.92 Å². The van der Waals surface area contributed by atoms with Crippen molar-refractivity contribution >= 4 is 53.0 Å². The fourth-order valence-electron chi connectivity index (χ4n) is 5.80. The van der Waals surface area contributed by atoms with Crippen LogP contribution in [0.3, 0.4) is 0 Å². The quantitative estimate of drug-likeness (QED) is 0.571. The third-order valence-corrected chi connectivity index (χ3v) is 7.12. The molecule has 28 heavy (non-hydrogen) atoms. The minimum Gasteiger partial charge on any atom is -0.366 e. The Morgan fingerprint density at radius 2 is 1.68 bits per heavy atom. The van der Waals surface area contributed by atoms with Crippen molar-refractivity contribution in [3.63, 3.8) is 0 Å². The van der Waals surface area contributed by atoms with Gasteiger partial charge >= 0.3 is 0 Å². The lowest BCUT2D eigenvalue weighted by Gasteiger charge is -2.52. The Balaban J connectivity index is 0.00000112. The van der Waals surface area contributed by atoms with Gasteiger partial charge in [0.2, 0.25) is 0 Å². The summed E-state index contributed by atoms with van der Waals surface area (Å²) >= 11 is 6.22. The lowest BCUT2D eigenvalue weighted by molar-refractivity contribution is 0.107. The van der Waals surface area contributed by atoms with Gasteiger partial charge in [0.25, 0.3) is 0 Å². The summed E-state index contributed by atoms with van der Waals surface area (Å²) in [5, 5.41) is 2.02. The Kier molecular flexibility index (Phi) is 7.36. The fraction of sp³-hybridized carbons (Fsp3) is 0.591. The largest absolute Gasteiger partial charge is 0.366 e. The highest BCUT2D eigenvalue weighted by atomic mass is 35.5. The summed E-state index contributed by atoms with van der Waals surface area (Å²) in [5.74, 6) is 0.846. The highest BCUT2D eigenvalue weighted by Gasteiger charge is 2.42. The molecule has 1 aromatic heterocycles. The number of anilines is 1. The van der Waals surface area contributed by atoms with Crippen LogP contribution in [-0.2, 0) is 0 Å². The molecule has 0 amide bonds. The molecule has 3 aliphatic rings. The molecule has 1 aromatic carbocycles. The van der Waals surface area contributed by atoms with E-state index in [1.165, 1.54) is 75.7 Å². The van der Waals surface area contributed by atoms with E-state index >= 15 is 0 Å². The number of piperidine rings is 1. The minimum absolute atomic E-state index is 0. The van der Waals surface area contributed by atoms with Crippen molar-refractivity contribution < 1.29 is 0 Å². The molecule has 6 heteroatoms. The van der Waals surface area contributed by atoms with Crippen molar-refractivity contribution in [2.75, 3.05) is 24.5 Å². The van der Waals surface area contributed by atoms with E-state index in [0.29, 0.717) is 6.04 Å². The molecule has 3 nitrogen and oxygen atoms in total. The first-order valence-corrected chi connectivity index (χ1v) is 10.7. The van der Waals surface area contributed by atoms with Gasteiger partial charge in [-0.2, -0.15) is 0 Å². The molecule has 0 spiro atoms. The topological polar surface area (TPSA) is 19.4 Å². The Morgan fingerprint density at radius 1 is 0.893 bits per heavy atom. The number of likely N-dealkylation sites (tertiary alicyclic amines) is 1. The number of rotatable bonds is 2. The summed E-state index contributed by atoms with van der Waals surface area (Å²) in [6.07, 6.45) is 11.6. The second-order valence-corrected chi connectivity index (χ2v) is 8.76. The van der Waals surface area contributed by atoms with E-state index in [-0.39, 0.29) is 24.8 Å². The van der Waals surface area contributed by atoms with Crippen molar-refractivity contribution in [2.45, 2.75) is 57.0 Å². The van der Waals surface area contributed by atoms with Crippen LogP contribution in [0.25, 0.3) is 10.9 Å². The molecule has 5 rings (SSSR count). The Morgan fingerprint density at radius 3 is 2.50 bits per heavy atom. The van der Waals surface area contributed by atoms with E-state index < -0.39 is 0 Å². The molecule has 154 valence electrons. The zero-order chi connectivity index (χ0) is 17.5. The van der Waals surface area contributed by atoms with E-state index in [9.17, 15) is 0 Å². The average Bonchev–Trinajstić information content (AvgIpc) is 3.21. The fourth-order valence-corrected chi connectivity index (χ4v) is 5.97. The maximum Gasteiger partial charge on any atom is 0.0737 e. The number of hydrogen-bond donors (Lipinski definition) is 0. The lowest BCUT2D eigenvalue weighted by Crippen LogP contribution is -2.59. The molecule has 2 saturated heterocycles. The molecule has 3 fully saturated rings. The molecule has 3 heterocycles. The van der Waals surface area contributed by atoms with Crippen LogP contribution in [0.5, 0.6) is 0 Å². The summed E-state index contributed by atoms with van der Waals surface area (Å²) in [7, 11) is 0. The molecule has 2 aromatic rings. The second kappa shape index (κ2) is 9.38. The van der Waals surface area contributed by atoms with E-state index in [1.54, 1.807) is 0 Å². The van der Waals surface area contributed by atoms with Crippen LogP contribution < -0.4 is 4.90 Å². The van der Waals surface area contributed by atoms with Crippen LogP contribution in [0.2, 0.25) is 5.02 Å². The van der Waals surface area contributed by atoms with Crippen LogP contribution in [0.1, 0.15) is 44.9 Å². The summed E-state index contributed by atoms with van der Waals surface area (Å²) < 4.78 is 0. The summed E-state index contributed by atoms with van der Waals surface area (Å²) in [6.45, 7) is 3.77. The van der Waals surface area contributed by atoms with Crippen molar-refractivity contribution in [3.8, 4) is 0 Å². The predicted octanol–water partition coefficient (Wildman–Crippen LogP) is 5.97. The van der Waals surface area contributed by atoms with Gasteiger partial charge in [-0.1, -0.05) is 18.0 Å². The number of aromatic nitrogens is 1. The van der Waals surface area contributed by atoms with Gasteiger partial charge < -0.3 is 4.90 Å². The van der Waals surface area contributed by atoms with Gasteiger partial charge in [0.15, 0.2) is 0 Å². The van der Waals surface area contributed by atoms with Crippen LogP contribution in [0.15, 0.2) is 30.5 Å². The second-order valence-electron chi connectivity index (χ2n) is 8.32.